The first kappa shape index (κ1) is 11.6. The summed E-state index contributed by atoms with van der Waals surface area (Å²) in [5, 5.41) is 0. The Morgan fingerprint density at radius 2 is 2.21 bits per heavy atom. The van der Waals surface area contributed by atoms with Crippen LogP contribution in [0, 0.1) is 5.92 Å². The van der Waals surface area contributed by atoms with Crippen LogP contribution < -0.4 is 0 Å². The second-order valence-electron chi connectivity index (χ2n) is 3.90. The molecule has 0 N–H and O–H groups in total. The lowest BCUT2D eigenvalue weighted by Crippen LogP contribution is -2.39. The Morgan fingerprint density at radius 1 is 1.50 bits per heavy atom. The molecule has 1 fully saturated rings. The molecule has 0 saturated heterocycles. The van der Waals surface area contributed by atoms with Crippen LogP contribution >= 0.6 is 0 Å². The van der Waals surface area contributed by atoms with Gasteiger partial charge in [0.15, 0.2) is 0 Å². The molecule has 2 nitrogen and oxygen atoms in total. The van der Waals surface area contributed by atoms with E-state index >= 15 is 0 Å². The molecule has 0 aromatic heterocycles. The highest BCUT2D eigenvalue weighted by Crippen LogP contribution is 2.32. The van der Waals surface area contributed by atoms with Gasteiger partial charge in [-0.3, -0.25) is 4.99 Å². The Morgan fingerprint density at radius 3 is 2.71 bits per heavy atom. The number of halogens is 1. The SMILES string of the molecule is C/C=N\C1CC(F)C(OC)CC1CC. The highest BCUT2D eigenvalue weighted by molar-refractivity contribution is 5.53. The summed E-state index contributed by atoms with van der Waals surface area (Å²) in [6, 6.07) is 0.159. The Bertz CT molecular complexity index is 196. The molecule has 3 heteroatoms. The lowest BCUT2D eigenvalue weighted by Gasteiger charge is -2.35. The van der Waals surface area contributed by atoms with Crippen LogP contribution in [0.1, 0.15) is 33.1 Å². The van der Waals surface area contributed by atoms with Gasteiger partial charge in [0.2, 0.25) is 0 Å². The van der Waals surface area contributed by atoms with E-state index in [0.717, 1.165) is 12.8 Å². The summed E-state index contributed by atoms with van der Waals surface area (Å²) in [5.41, 5.74) is 0. The lowest BCUT2D eigenvalue weighted by atomic mass is 9.80. The van der Waals surface area contributed by atoms with Crippen LogP contribution in [0.5, 0.6) is 0 Å². The van der Waals surface area contributed by atoms with Crippen molar-refractivity contribution >= 4 is 6.21 Å². The average molecular weight is 201 g/mol. The maximum atomic E-state index is 13.5. The predicted octanol–water partition coefficient (Wildman–Crippen LogP) is 2.62. The van der Waals surface area contributed by atoms with E-state index in [9.17, 15) is 4.39 Å². The second kappa shape index (κ2) is 5.44. The van der Waals surface area contributed by atoms with Gasteiger partial charge < -0.3 is 4.74 Å². The van der Waals surface area contributed by atoms with Gasteiger partial charge in [-0.25, -0.2) is 4.39 Å². The number of nitrogens with zero attached hydrogens (tertiary/aromatic N) is 1. The van der Waals surface area contributed by atoms with Gasteiger partial charge in [-0.15, -0.1) is 0 Å². The van der Waals surface area contributed by atoms with Gasteiger partial charge in [0.1, 0.15) is 6.17 Å². The van der Waals surface area contributed by atoms with Crippen LogP contribution in [0.15, 0.2) is 4.99 Å². The van der Waals surface area contributed by atoms with Crippen molar-refractivity contribution in [1.29, 1.82) is 0 Å². The number of aliphatic imine (C=N–C) groups is 1. The van der Waals surface area contributed by atoms with Crippen molar-refractivity contribution in [2.45, 2.75) is 51.4 Å². The number of alkyl halides is 1. The fraction of sp³-hybridized carbons (Fsp3) is 0.909. The van der Waals surface area contributed by atoms with Gasteiger partial charge in [-0.1, -0.05) is 13.3 Å². The summed E-state index contributed by atoms with van der Waals surface area (Å²) in [6.07, 6.45) is 3.08. The summed E-state index contributed by atoms with van der Waals surface area (Å²) >= 11 is 0. The molecule has 0 bridgehead atoms. The number of hydrogen-bond acceptors (Lipinski definition) is 2. The minimum atomic E-state index is -0.850. The molecular formula is C11H20FNO. The third kappa shape index (κ3) is 2.53. The van der Waals surface area contributed by atoms with Crippen molar-refractivity contribution in [3.8, 4) is 0 Å². The summed E-state index contributed by atoms with van der Waals surface area (Å²) in [4.78, 5) is 4.33. The summed E-state index contributed by atoms with van der Waals surface area (Å²) in [6.45, 7) is 4.02. The minimum absolute atomic E-state index is 0.159. The van der Waals surface area contributed by atoms with E-state index in [-0.39, 0.29) is 12.1 Å². The highest BCUT2D eigenvalue weighted by atomic mass is 19.1. The number of rotatable bonds is 3. The molecule has 1 saturated carbocycles. The molecule has 82 valence electrons. The molecule has 4 unspecified atom stereocenters. The quantitative estimate of drug-likeness (QED) is 0.643. The van der Waals surface area contributed by atoms with Crippen molar-refractivity contribution < 1.29 is 9.13 Å². The molecule has 0 radical (unpaired) electrons. The zero-order valence-corrected chi connectivity index (χ0v) is 9.24. The number of ether oxygens (including phenoxy) is 1. The van der Waals surface area contributed by atoms with E-state index in [0.29, 0.717) is 12.3 Å². The van der Waals surface area contributed by atoms with Gasteiger partial charge in [-0.2, -0.15) is 0 Å². The maximum absolute atomic E-state index is 13.5. The standard InChI is InChI=1S/C11H20FNO/c1-4-8-6-11(14-3)9(12)7-10(8)13-5-2/h5,8-11H,4,6-7H2,1-3H3/b13-5-. The third-order valence-electron chi connectivity index (χ3n) is 3.12. The molecule has 1 aliphatic carbocycles. The largest absolute Gasteiger partial charge is 0.378 e. The van der Waals surface area contributed by atoms with E-state index in [1.807, 2.05) is 6.92 Å². The molecule has 0 amide bonds. The van der Waals surface area contributed by atoms with E-state index in [1.165, 1.54) is 0 Å². The minimum Gasteiger partial charge on any atom is -0.378 e. The van der Waals surface area contributed by atoms with E-state index in [2.05, 4.69) is 11.9 Å². The van der Waals surface area contributed by atoms with Gasteiger partial charge in [-0.05, 0) is 25.5 Å². The van der Waals surface area contributed by atoms with E-state index in [4.69, 9.17) is 4.74 Å². The fourth-order valence-corrected chi connectivity index (χ4v) is 2.23. The molecule has 4 atom stereocenters. The zero-order valence-electron chi connectivity index (χ0n) is 9.24. The molecule has 14 heavy (non-hydrogen) atoms. The zero-order chi connectivity index (χ0) is 10.6. The van der Waals surface area contributed by atoms with Crippen LogP contribution in [0.4, 0.5) is 4.39 Å². The number of methoxy groups -OCH3 is 1. The summed E-state index contributed by atoms with van der Waals surface area (Å²) in [5.74, 6) is 0.475. The van der Waals surface area contributed by atoms with Gasteiger partial charge in [0.25, 0.3) is 0 Å². The first-order valence-electron chi connectivity index (χ1n) is 5.37. The van der Waals surface area contributed by atoms with Crippen molar-refractivity contribution in [3.05, 3.63) is 0 Å². The molecule has 1 aliphatic rings. The van der Waals surface area contributed by atoms with E-state index < -0.39 is 6.17 Å². The highest BCUT2D eigenvalue weighted by Gasteiger charge is 2.36. The Balaban J connectivity index is 2.62. The number of hydrogen-bond donors (Lipinski definition) is 0. The van der Waals surface area contributed by atoms with Crippen LogP contribution in [0.2, 0.25) is 0 Å². The third-order valence-corrected chi connectivity index (χ3v) is 3.12. The molecule has 0 aliphatic heterocycles. The summed E-state index contributed by atoms with van der Waals surface area (Å²) in [7, 11) is 1.59. The van der Waals surface area contributed by atoms with Crippen LogP contribution in [-0.2, 0) is 4.74 Å². The van der Waals surface area contributed by atoms with Crippen LogP contribution in [-0.4, -0.2) is 31.6 Å². The Labute approximate surface area is 85.6 Å². The maximum Gasteiger partial charge on any atom is 0.128 e. The van der Waals surface area contributed by atoms with E-state index in [1.54, 1.807) is 13.3 Å². The molecule has 0 aromatic rings. The van der Waals surface area contributed by atoms with Gasteiger partial charge in [0, 0.05) is 13.5 Å². The molecule has 0 aromatic carbocycles. The lowest BCUT2D eigenvalue weighted by molar-refractivity contribution is -0.0183. The monoisotopic (exact) mass is 201 g/mol. The van der Waals surface area contributed by atoms with Crippen molar-refractivity contribution in [2.24, 2.45) is 10.9 Å². The molecular weight excluding hydrogens is 181 g/mol. The fourth-order valence-electron chi connectivity index (χ4n) is 2.23. The smallest absolute Gasteiger partial charge is 0.128 e. The van der Waals surface area contributed by atoms with Gasteiger partial charge >= 0.3 is 0 Å². The topological polar surface area (TPSA) is 21.6 Å². The predicted molar refractivity (Wildman–Crippen MR) is 56.7 cm³/mol. The van der Waals surface area contributed by atoms with Crippen molar-refractivity contribution in [1.82, 2.24) is 0 Å². The molecule has 1 rings (SSSR count). The molecule has 0 heterocycles. The average Bonchev–Trinajstić information content (AvgIpc) is 2.19. The van der Waals surface area contributed by atoms with Crippen LogP contribution in [0.3, 0.4) is 0 Å². The Hall–Kier alpha value is -0.440. The first-order chi connectivity index (χ1) is 6.72. The summed E-state index contributed by atoms with van der Waals surface area (Å²) < 4.78 is 18.7. The Kier molecular flexibility index (Phi) is 4.52. The normalized spacial score (nSPS) is 39.1. The van der Waals surface area contributed by atoms with Crippen molar-refractivity contribution in [2.75, 3.05) is 7.11 Å². The molecule has 0 spiro atoms. The van der Waals surface area contributed by atoms with Crippen LogP contribution in [0.25, 0.3) is 0 Å². The second-order valence-corrected chi connectivity index (χ2v) is 3.90. The van der Waals surface area contributed by atoms with Gasteiger partial charge in [0.05, 0.1) is 12.1 Å². The first-order valence-corrected chi connectivity index (χ1v) is 5.37. The van der Waals surface area contributed by atoms with Crippen molar-refractivity contribution in [3.63, 3.8) is 0 Å².